The van der Waals surface area contributed by atoms with Gasteiger partial charge in [0, 0.05) is 45.5 Å². The number of nitrogens with one attached hydrogen (secondary N) is 1. The summed E-state index contributed by atoms with van der Waals surface area (Å²) in [5.41, 5.74) is 1.80. The van der Waals surface area contributed by atoms with Gasteiger partial charge in [-0.05, 0) is 13.0 Å². The second kappa shape index (κ2) is 7.59. The third-order valence-corrected chi connectivity index (χ3v) is 4.48. The molecule has 3 amide bonds. The summed E-state index contributed by atoms with van der Waals surface area (Å²) < 4.78 is 3.82. The third-order valence-electron chi connectivity index (χ3n) is 4.48. The summed E-state index contributed by atoms with van der Waals surface area (Å²) in [6.45, 7) is 4.21. The van der Waals surface area contributed by atoms with Crippen molar-refractivity contribution < 1.29 is 9.59 Å². The Labute approximate surface area is 152 Å². The first-order valence-corrected chi connectivity index (χ1v) is 8.70. The van der Waals surface area contributed by atoms with Crippen molar-refractivity contribution >= 4 is 11.9 Å². The lowest BCUT2D eigenvalue weighted by atomic mass is 10.2. The Kier molecular flexibility index (Phi) is 5.24. The number of carbonyl (C=O) groups excluding carboxylic acids is 2. The number of amides is 3. The summed E-state index contributed by atoms with van der Waals surface area (Å²) in [7, 11) is 3.50. The summed E-state index contributed by atoms with van der Waals surface area (Å²) >= 11 is 0. The molecule has 0 spiro atoms. The largest absolute Gasteiger partial charge is 0.350 e. The average Bonchev–Trinajstić information content (AvgIpc) is 3.27. The lowest BCUT2D eigenvalue weighted by Gasteiger charge is -2.29. The van der Waals surface area contributed by atoms with Crippen LogP contribution in [0.1, 0.15) is 30.8 Å². The number of carbonyl (C=O) groups is 2. The predicted molar refractivity (Wildman–Crippen MR) is 95.1 cm³/mol. The molecule has 0 bridgehead atoms. The molecule has 9 heteroatoms. The Bertz CT molecular complexity index is 766. The van der Waals surface area contributed by atoms with Gasteiger partial charge in [0.05, 0.1) is 37.3 Å². The van der Waals surface area contributed by atoms with Crippen molar-refractivity contribution in [3.63, 3.8) is 0 Å². The van der Waals surface area contributed by atoms with Crippen LogP contribution in [0.25, 0.3) is 0 Å². The molecule has 0 fully saturated rings. The molecule has 0 saturated heterocycles. The van der Waals surface area contributed by atoms with Gasteiger partial charge in [0.15, 0.2) is 0 Å². The zero-order chi connectivity index (χ0) is 18.7. The van der Waals surface area contributed by atoms with E-state index in [1.54, 1.807) is 36.4 Å². The molecule has 0 radical (unpaired) electrons. The molecule has 0 aromatic carbocycles. The molecule has 1 aliphatic heterocycles. The van der Waals surface area contributed by atoms with Crippen LogP contribution in [-0.2, 0) is 24.4 Å². The van der Waals surface area contributed by atoms with Gasteiger partial charge in [-0.15, -0.1) is 0 Å². The smallest absolute Gasteiger partial charge is 0.319 e. The van der Waals surface area contributed by atoms with Crippen LogP contribution in [0.15, 0.2) is 24.8 Å². The lowest BCUT2D eigenvalue weighted by Crippen LogP contribution is -2.43. The minimum atomic E-state index is -0.0263. The predicted octanol–water partition coefficient (Wildman–Crippen LogP) is 0.844. The molecule has 0 aliphatic carbocycles. The molecule has 3 heterocycles. The standard InChI is InChI=1S/C17H25N7O2/c1-13(23-5-4-18-12-23)8-16(25)19-10-14-9-15-11-22(17(26)21(2)3)6-7-24(15)20-14/h4-5,9,12-13H,6-8,10-11H2,1-3H3,(H,19,25). The number of imidazole rings is 1. The molecule has 2 aromatic heterocycles. The zero-order valence-corrected chi connectivity index (χ0v) is 15.4. The van der Waals surface area contributed by atoms with Crippen LogP contribution in [0, 0.1) is 0 Å². The Morgan fingerprint density at radius 2 is 2.15 bits per heavy atom. The maximum atomic E-state index is 12.1. The number of hydrogen-bond acceptors (Lipinski definition) is 4. The van der Waals surface area contributed by atoms with Crippen molar-refractivity contribution in [3.05, 3.63) is 36.2 Å². The summed E-state index contributed by atoms with van der Waals surface area (Å²) in [6.07, 6.45) is 5.65. The fourth-order valence-corrected chi connectivity index (χ4v) is 3.02. The van der Waals surface area contributed by atoms with Gasteiger partial charge in [-0.25, -0.2) is 9.78 Å². The maximum absolute atomic E-state index is 12.1. The van der Waals surface area contributed by atoms with Gasteiger partial charge >= 0.3 is 6.03 Å². The van der Waals surface area contributed by atoms with E-state index in [1.807, 2.05) is 28.4 Å². The summed E-state index contributed by atoms with van der Waals surface area (Å²) in [5, 5.41) is 7.44. The van der Waals surface area contributed by atoms with Crippen LogP contribution >= 0.6 is 0 Å². The average molecular weight is 359 g/mol. The lowest BCUT2D eigenvalue weighted by molar-refractivity contribution is -0.121. The molecule has 1 unspecified atom stereocenters. The Morgan fingerprint density at radius 1 is 1.35 bits per heavy atom. The van der Waals surface area contributed by atoms with Crippen molar-refractivity contribution in [2.45, 2.75) is 39.0 Å². The zero-order valence-electron chi connectivity index (χ0n) is 15.4. The quantitative estimate of drug-likeness (QED) is 0.857. The number of hydrogen-bond donors (Lipinski definition) is 1. The Morgan fingerprint density at radius 3 is 2.85 bits per heavy atom. The fourth-order valence-electron chi connectivity index (χ4n) is 3.02. The van der Waals surface area contributed by atoms with Crippen LogP contribution in [0.5, 0.6) is 0 Å². The van der Waals surface area contributed by atoms with E-state index in [4.69, 9.17) is 0 Å². The third kappa shape index (κ3) is 4.04. The fraction of sp³-hybridized carbons (Fsp3) is 0.529. The van der Waals surface area contributed by atoms with Gasteiger partial charge in [0.1, 0.15) is 0 Å². The molecule has 2 aromatic rings. The highest BCUT2D eigenvalue weighted by atomic mass is 16.2. The molecule has 9 nitrogen and oxygen atoms in total. The van der Waals surface area contributed by atoms with Gasteiger partial charge in [0.25, 0.3) is 0 Å². The van der Waals surface area contributed by atoms with Crippen LogP contribution in [0.2, 0.25) is 0 Å². The number of fused-ring (bicyclic) bond motifs is 1. The molecule has 26 heavy (non-hydrogen) atoms. The normalized spacial score (nSPS) is 14.7. The second-order valence-electron chi connectivity index (χ2n) is 6.79. The van der Waals surface area contributed by atoms with Crippen molar-refractivity contribution in [2.24, 2.45) is 0 Å². The van der Waals surface area contributed by atoms with E-state index in [2.05, 4.69) is 15.4 Å². The summed E-state index contributed by atoms with van der Waals surface area (Å²) in [6, 6.07) is 2.01. The van der Waals surface area contributed by atoms with Crippen LogP contribution in [-0.4, -0.2) is 61.7 Å². The van der Waals surface area contributed by atoms with E-state index >= 15 is 0 Å². The SMILES string of the molecule is CC(CC(=O)NCc1cc2n(n1)CCN(C(=O)N(C)C)C2)n1ccnc1. The first-order chi connectivity index (χ1) is 12.4. The van der Waals surface area contributed by atoms with E-state index < -0.39 is 0 Å². The molecular weight excluding hydrogens is 334 g/mol. The highest BCUT2D eigenvalue weighted by molar-refractivity contribution is 5.76. The van der Waals surface area contributed by atoms with E-state index in [0.717, 1.165) is 11.4 Å². The van der Waals surface area contributed by atoms with Crippen molar-refractivity contribution in [3.8, 4) is 0 Å². The van der Waals surface area contributed by atoms with Gasteiger partial charge < -0.3 is 19.7 Å². The van der Waals surface area contributed by atoms with Gasteiger partial charge in [-0.2, -0.15) is 5.10 Å². The van der Waals surface area contributed by atoms with E-state index in [9.17, 15) is 9.59 Å². The van der Waals surface area contributed by atoms with E-state index in [0.29, 0.717) is 32.6 Å². The summed E-state index contributed by atoms with van der Waals surface area (Å²) in [4.78, 5) is 31.6. The van der Waals surface area contributed by atoms with Crippen molar-refractivity contribution in [1.82, 2.24) is 34.4 Å². The maximum Gasteiger partial charge on any atom is 0.319 e. The molecule has 0 saturated carbocycles. The first-order valence-electron chi connectivity index (χ1n) is 8.70. The number of nitrogens with zero attached hydrogens (tertiary/aromatic N) is 6. The second-order valence-corrected chi connectivity index (χ2v) is 6.79. The van der Waals surface area contributed by atoms with Gasteiger partial charge in [-0.1, -0.05) is 0 Å². The number of urea groups is 1. The highest BCUT2D eigenvalue weighted by Gasteiger charge is 2.23. The molecule has 140 valence electrons. The van der Waals surface area contributed by atoms with Crippen molar-refractivity contribution in [1.29, 1.82) is 0 Å². The molecular formula is C17H25N7O2. The minimum Gasteiger partial charge on any atom is -0.350 e. The number of rotatable bonds is 5. The van der Waals surface area contributed by atoms with Crippen LogP contribution in [0.4, 0.5) is 4.79 Å². The van der Waals surface area contributed by atoms with Crippen LogP contribution < -0.4 is 5.32 Å². The molecule has 3 rings (SSSR count). The Hall–Kier alpha value is -2.84. The Balaban J connectivity index is 1.52. The minimum absolute atomic E-state index is 0.000733. The van der Waals surface area contributed by atoms with Crippen LogP contribution in [0.3, 0.4) is 0 Å². The highest BCUT2D eigenvalue weighted by Crippen LogP contribution is 2.15. The topological polar surface area (TPSA) is 88.3 Å². The first kappa shape index (κ1) is 18.0. The summed E-state index contributed by atoms with van der Waals surface area (Å²) in [5.74, 6) is -0.0263. The molecule has 1 atom stereocenters. The van der Waals surface area contributed by atoms with Crippen molar-refractivity contribution in [2.75, 3.05) is 20.6 Å². The van der Waals surface area contributed by atoms with E-state index in [1.165, 1.54) is 0 Å². The van der Waals surface area contributed by atoms with Gasteiger partial charge in [-0.3, -0.25) is 9.48 Å². The molecule has 1 aliphatic rings. The van der Waals surface area contributed by atoms with Gasteiger partial charge in [0.2, 0.25) is 5.91 Å². The van der Waals surface area contributed by atoms with E-state index in [-0.39, 0.29) is 18.0 Å². The monoisotopic (exact) mass is 359 g/mol. The molecule has 1 N–H and O–H groups in total. The number of aromatic nitrogens is 4.